The summed E-state index contributed by atoms with van der Waals surface area (Å²) < 4.78 is 4.61. The van der Waals surface area contributed by atoms with Gasteiger partial charge in [0.1, 0.15) is 6.10 Å². The molecule has 1 atom stereocenters. The van der Waals surface area contributed by atoms with Crippen molar-refractivity contribution in [3.8, 4) is 0 Å². The number of hydrogen-bond donors (Lipinski definition) is 1. The third kappa shape index (κ3) is 7.53. The molecule has 0 amide bonds. The summed E-state index contributed by atoms with van der Waals surface area (Å²) in [6, 6.07) is 0. The third-order valence-electron chi connectivity index (χ3n) is 1.60. The molecule has 13 heavy (non-hydrogen) atoms. The Hall–Kier alpha value is -0.830. The molecule has 3 nitrogen and oxygen atoms in total. The van der Waals surface area contributed by atoms with E-state index in [2.05, 4.69) is 11.7 Å². The average Bonchev–Trinajstić information content (AvgIpc) is 2.10. The summed E-state index contributed by atoms with van der Waals surface area (Å²) in [5.74, 6) is -0.605. The molecule has 76 valence electrons. The number of rotatable bonds is 6. The fourth-order valence-electron chi connectivity index (χ4n) is 0.794. The predicted molar refractivity (Wildman–Crippen MR) is 51.1 cm³/mol. The lowest BCUT2D eigenvalue weighted by atomic mass is 10.2. The van der Waals surface area contributed by atoms with Crippen LogP contribution in [0.3, 0.4) is 0 Å². The van der Waals surface area contributed by atoms with E-state index in [1.165, 1.54) is 26.0 Å². The SMILES string of the molecule is CCCCCC=COC(=O)C(C)O. The molecule has 0 bridgehead atoms. The Balaban J connectivity index is 3.36. The molecule has 1 unspecified atom stereocenters. The number of ether oxygens (including phenoxy) is 1. The molecule has 0 aliphatic carbocycles. The molecular formula is C10H18O3. The highest BCUT2D eigenvalue weighted by Gasteiger charge is 2.07. The van der Waals surface area contributed by atoms with Crippen molar-refractivity contribution in [3.05, 3.63) is 12.3 Å². The number of esters is 1. The first-order valence-electron chi connectivity index (χ1n) is 4.72. The van der Waals surface area contributed by atoms with Crippen molar-refractivity contribution in [2.45, 2.75) is 45.6 Å². The lowest BCUT2D eigenvalue weighted by molar-refractivity contribution is -0.146. The van der Waals surface area contributed by atoms with E-state index in [0.717, 1.165) is 12.8 Å². The van der Waals surface area contributed by atoms with Crippen molar-refractivity contribution in [1.29, 1.82) is 0 Å². The maximum Gasteiger partial charge on any atom is 0.339 e. The molecule has 0 aliphatic heterocycles. The summed E-state index contributed by atoms with van der Waals surface area (Å²) in [6.07, 6.45) is 6.51. The summed E-state index contributed by atoms with van der Waals surface area (Å²) in [6.45, 7) is 3.52. The van der Waals surface area contributed by atoms with Crippen LogP contribution in [0.15, 0.2) is 12.3 Å². The lowest BCUT2D eigenvalue weighted by Crippen LogP contribution is -2.16. The summed E-state index contributed by atoms with van der Waals surface area (Å²) in [7, 11) is 0. The van der Waals surface area contributed by atoms with Crippen LogP contribution in [0, 0.1) is 0 Å². The van der Waals surface area contributed by atoms with Gasteiger partial charge in [0.05, 0.1) is 6.26 Å². The van der Waals surface area contributed by atoms with E-state index in [1.807, 2.05) is 0 Å². The number of hydrogen-bond acceptors (Lipinski definition) is 3. The van der Waals surface area contributed by atoms with Crippen molar-refractivity contribution in [1.82, 2.24) is 0 Å². The largest absolute Gasteiger partial charge is 0.433 e. The molecule has 1 N–H and O–H groups in total. The van der Waals surface area contributed by atoms with Gasteiger partial charge in [-0.25, -0.2) is 4.79 Å². The molecule has 0 aromatic heterocycles. The van der Waals surface area contributed by atoms with Crippen molar-refractivity contribution < 1.29 is 14.6 Å². The molecule has 0 aromatic carbocycles. The minimum atomic E-state index is -1.04. The van der Waals surface area contributed by atoms with Gasteiger partial charge in [-0.15, -0.1) is 0 Å². The third-order valence-corrected chi connectivity index (χ3v) is 1.60. The fraction of sp³-hybridized carbons (Fsp3) is 0.700. The highest BCUT2D eigenvalue weighted by molar-refractivity contribution is 5.74. The van der Waals surface area contributed by atoms with Gasteiger partial charge in [0.2, 0.25) is 0 Å². The molecule has 0 fully saturated rings. The van der Waals surface area contributed by atoms with Crippen LogP contribution in [0.4, 0.5) is 0 Å². The number of carbonyl (C=O) groups excluding carboxylic acids is 1. The van der Waals surface area contributed by atoms with Crippen LogP contribution in [0.25, 0.3) is 0 Å². The zero-order valence-corrected chi connectivity index (χ0v) is 8.32. The lowest BCUT2D eigenvalue weighted by Gasteiger charge is -2.00. The predicted octanol–water partition coefficient (Wildman–Crippen LogP) is 2.00. The number of aliphatic hydroxyl groups is 1. The van der Waals surface area contributed by atoms with Crippen LogP contribution in [-0.2, 0) is 9.53 Å². The van der Waals surface area contributed by atoms with Crippen LogP contribution < -0.4 is 0 Å². The van der Waals surface area contributed by atoms with Gasteiger partial charge in [-0.1, -0.05) is 19.8 Å². The second kappa shape index (κ2) is 7.80. The summed E-state index contributed by atoms with van der Waals surface area (Å²) in [5, 5.41) is 8.75. The highest BCUT2D eigenvalue weighted by atomic mass is 16.5. The Bertz CT molecular complexity index is 162. The van der Waals surface area contributed by atoms with E-state index in [1.54, 1.807) is 6.08 Å². The molecule has 0 aliphatic rings. The zero-order chi connectivity index (χ0) is 10.1. The van der Waals surface area contributed by atoms with Crippen molar-refractivity contribution >= 4 is 5.97 Å². The summed E-state index contributed by atoms with van der Waals surface area (Å²) >= 11 is 0. The van der Waals surface area contributed by atoms with Gasteiger partial charge < -0.3 is 9.84 Å². The van der Waals surface area contributed by atoms with Crippen LogP contribution in [0.1, 0.15) is 39.5 Å². The minimum absolute atomic E-state index is 0.605. The Kier molecular flexibility index (Phi) is 7.30. The summed E-state index contributed by atoms with van der Waals surface area (Å²) in [5.41, 5.74) is 0. The minimum Gasteiger partial charge on any atom is -0.433 e. The van der Waals surface area contributed by atoms with Crippen LogP contribution in [0.2, 0.25) is 0 Å². The smallest absolute Gasteiger partial charge is 0.339 e. The standard InChI is InChI=1S/C10H18O3/c1-3-4-5-6-7-8-13-10(12)9(2)11/h7-9,11H,3-6H2,1-2H3. The molecule has 0 spiro atoms. The first-order valence-corrected chi connectivity index (χ1v) is 4.72. The normalized spacial score (nSPS) is 13.2. The van der Waals surface area contributed by atoms with E-state index in [9.17, 15) is 4.79 Å². The van der Waals surface area contributed by atoms with Gasteiger partial charge in [0, 0.05) is 0 Å². The maximum atomic E-state index is 10.7. The average molecular weight is 186 g/mol. The van der Waals surface area contributed by atoms with E-state index in [0.29, 0.717) is 0 Å². The second-order valence-electron chi connectivity index (χ2n) is 2.98. The first-order chi connectivity index (χ1) is 6.18. The van der Waals surface area contributed by atoms with Gasteiger partial charge in [-0.05, 0) is 25.8 Å². The first kappa shape index (κ1) is 12.2. The number of allylic oxidation sites excluding steroid dienone is 1. The van der Waals surface area contributed by atoms with Gasteiger partial charge >= 0.3 is 5.97 Å². The van der Waals surface area contributed by atoms with Crippen molar-refractivity contribution in [2.75, 3.05) is 0 Å². The molecule has 0 radical (unpaired) electrons. The number of aliphatic hydroxyl groups excluding tert-OH is 1. The monoisotopic (exact) mass is 186 g/mol. The molecule has 3 heteroatoms. The Morgan fingerprint density at radius 3 is 2.77 bits per heavy atom. The van der Waals surface area contributed by atoms with Gasteiger partial charge in [-0.3, -0.25) is 0 Å². The molecule has 0 heterocycles. The van der Waals surface area contributed by atoms with Gasteiger partial charge in [0.15, 0.2) is 0 Å². The van der Waals surface area contributed by atoms with Crippen molar-refractivity contribution in [2.24, 2.45) is 0 Å². The topological polar surface area (TPSA) is 46.5 Å². The van der Waals surface area contributed by atoms with Crippen LogP contribution >= 0.6 is 0 Å². The Morgan fingerprint density at radius 2 is 2.23 bits per heavy atom. The van der Waals surface area contributed by atoms with Crippen molar-refractivity contribution in [3.63, 3.8) is 0 Å². The van der Waals surface area contributed by atoms with Crippen LogP contribution in [-0.4, -0.2) is 17.2 Å². The molecular weight excluding hydrogens is 168 g/mol. The van der Waals surface area contributed by atoms with E-state index in [4.69, 9.17) is 5.11 Å². The van der Waals surface area contributed by atoms with E-state index < -0.39 is 12.1 Å². The molecule has 0 aromatic rings. The van der Waals surface area contributed by atoms with Crippen LogP contribution in [0.5, 0.6) is 0 Å². The Labute approximate surface area is 79.4 Å². The quantitative estimate of drug-likeness (QED) is 0.392. The highest BCUT2D eigenvalue weighted by Crippen LogP contribution is 1.99. The zero-order valence-electron chi connectivity index (χ0n) is 8.32. The fourth-order valence-corrected chi connectivity index (χ4v) is 0.794. The van der Waals surface area contributed by atoms with E-state index in [-0.39, 0.29) is 0 Å². The molecule has 0 rings (SSSR count). The van der Waals surface area contributed by atoms with E-state index >= 15 is 0 Å². The number of carbonyl (C=O) groups is 1. The number of unbranched alkanes of at least 4 members (excludes halogenated alkanes) is 3. The van der Waals surface area contributed by atoms with Gasteiger partial charge in [-0.2, -0.15) is 0 Å². The summed E-state index contributed by atoms with van der Waals surface area (Å²) in [4.78, 5) is 10.7. The molecule has 0 saturated carbocycles. The Morgan fingerprint density at radius 1 is 1.54 bits per heavy atom. The second-order valence-corrected chi connectivity index (χ2v) is 2.98. The maximum absolute atomic E-state index is 10.7. The molecule has 0 saturated heterocycles. The van der Waals surface area contributed by atoms with Gasteiger partial charge in [0.25, 0.3) is 0 Å².